The highest BCUT2D eigenvalue weighted by Gasteiger charge is 2.28. The van der Waals surface area contributed by atoms with Crippen molar-refractivity contribution in [2.24, 2.45) is 0 Å². The molecule has 0 saturated carbocycles. The standard InChI is InChI=1S/C11H11F2NO3/c1-3-8(6(2)15)9-4-7(12)5-10(13)11(9)14(16)17/h4-5,8H,3H2,1-2H3. The van der Waals surface area contributed by atoms with Gasteiger partial charge in [0.2, 0.25) is 5.82 Å². The molecule has 1 aromatic carbocycles. The van der Waals surface area contributed by atoms with Crippen LogP contribution >= 0.6 is 0 Å². The normalized spacial score (nSPS) is 12.2. The zero-order chi connectivity index (χ0) is 13.2. The van der Waals surface area contributed by atoms with Gasteiger partial charge in [0.05, 0.1) is 4.92 Å². The van der Waals surface area contributed by atoms with Crippen LogP contribution in [0.1, 0.15) is 31.7 Å². The highest BCUT2D eigenvalue weighted by atomic mass is 19.1. The van der Waals surface area contributed by atoms with E-state index >= 15 is 0 Å². The molecule has 0 amide bonds. The second kappa shape index (κ2) is 4.99. The van der Waals surface area contributed by atoms with E-state index in [4.69, 9.17) is 0 Å². The molecule has 0 N–H and O–H groups in total. The molecule has 6 heteroatoms. The number of carbonyl (C=O) groups excluding carboxylic acids is 1. The molecule has 1 rings (SSSR count). The minimum Gasteiger partial charge on any atom is -0.299 e. The molecule has 1 aromatic rings. The zero-order valence-corrected chi connectivity index (χ0v) is 9.37. The number of rotatable bonds is 4. The van der Waals surface area contributed by atoms with Crippen LogP contribution in [-0.4, -0.2) is 10.7 Å². The molecule has 0 aliphatic carbocycles. The Morgan fingerprint density at radius 3 is 2.47 bits per heavy atom. The molecular formula is C11H11F2NO3. The van der Waals surface area contributed by atoms with Gasteiger partial charge in [-0.25, -0.2) is 4.39 Å². The van der Waals surface area contributed by atoms with E-state index in [2.05, 4.69) is 0 Å². The fourth-order valence-electron chi connectivity index (χ4n) is 1.77. The molecular weight excluding hydrogens is 232 g/mol. The number of halogens is 2. The maximum Gasteiger partial charge on any atom is 0.308 e. The van der Waals surface area contributed by atoms with E-state index in [1.54, 1.807) is 6.92 Å². The highest BCUT2D eigenvalue weighted by Crippen LogP contribution is 2.32. The van der Waals surface area contributed by atoms with E-state index in [9.17, 15) is 23.7 Å². The minimum atomic E-state index is -1.26. The van der Waals surface area contributed by atoms with Crippen LogP contribution in [0.15, 0.2) is 12.1 Å². The van der Waals surface area contributed by atoms with Crippen LogP contribution in [-0.2, 0) is 4.79 Å². The first-order valence-corrected chi connectivity index (χ1v) is 5.02. The predicted octanol–water partition coefficient (Wildman–Crippen LogP) is 2.96. The van der Waals surface area contributed by atoms with E-state index in [-0.39, 0.29) is 17.8 Å². The lowest BCUT2D eigenvalue weighted by molar-refractivity contribution is -0.388. The maximum absolute atomic E-state index is 13.3. The average Bonchev–Trinajstić information content (AvgIpc) is 2.15. The summed E-state index contributed by atoms with van der Waals surface area (Å²) >= 11 is 0. The van der Waals surface area contributed by atoms with Crippen LogP contribution < -0.4 is 0 Å². The predicted molar refractivity (Wildman–Crippen MR) is 56.7 cm³/mol. The number of nitro groups is 1. The molecule has 0 aromatic heterocycles. The number of nitrogens with zero attached hydrogens (tertiary/aromatic N) is 1. The number of nitro benzene ring substituents is 1. The summed E-state index contributed by atoms with van der Waals surface area (Å²) in [6.45, 7) is 2.86. The summed E-state index contributed by atoms with van der Waals surface area (Å²) in [6, 6.07) is 1.28. The Hall–Kier alpha value is -1.85. The monoisotopic (exact) mass is 243 g/mol. The third kappa shape index (κ3) is 2.64. The van der Waals surface area contributed by atoms with E-state index in [1.807, 2.05) is 0 Å². The van der Waals surface area contributed by atoms with Gasteiger partial charge in [0.1, 0.15) is 11.6 Å². The van der Waals surface area contributed by atoms with Gasteiger partial charge in [-0.05, 0) is 19.4 Å². The molecule has 0 spiro atoms. The van der Waals surface area contributed by atoms with Crippen molar-refractivity contribution < 1.29 is 18.5 Å². The van der Waals surface area contributed by atoms with Crippen molar-refractivity contribution in [3.05, 3.63) is 39.4 Å². The van der Waals surface area contributed by atoms with E-state index < -0.39 is 28.2 Å². The van der Waals surface area contributed by atoms with Crippen molar-refractivity contribution >= 4 is 11.5 Å². The van der Waals surface area contributed by atoms with E-state index in [0.717, 1.165) is 6.07 Å². The lowest BCUT2D eigenvalue weighted by Crippen LogP contribution is -2.11. The molecule has 0 aliphatic rings. The molecule has 0 aliphatic heterocycles. The van der Waals surface area contributed by atoms with Crippen molar-refractivity contribution in [3.63, 3.8) is 0 Å². The molecule has 0 bridgehead atoms. The molecule has 0 radical (unpaired) electrons. The molecule has 0 heterocycles. The number of hydrogen-bond donors (Lipinski definition) is 0. The van der Waals surface area contributed by atoms with Gasteiger partial charge >= 0.3 is 5.69 Å². The molecule has 17 heavy (non-hydrogen) atoms. The Morgan fingerprint density at radius 2 is 2.06 bits per heavy atom. The van der Waals surface area contributed by atoms with Gasteiger partial charge in [0.15, 0.2) is 0 Å². The summed E-state index contributed by atoms with van der Waals surface area (Å²) in [4.78, 5) is 21.1. The first-order valence-electron chi connectivity index (χ1n) is 5.02. The summed E-state index contributed by atoms with van der Waals surface area (Å²) in [5.74, 6) is -3.41. The Balaban J connectivity index is 3.49. The Labute approximate surface area is 96.4 Å². The van der Waals surface area contributed by atoms with E-state index in [0.29, 0.717) is 6.07 Å². The largest absolute Gasteiger partial charge is 0.308 e. The van der Waals surface area contributed by atoms with Crippen molar-refractivity contribution in [3.8, 4) is 0 Å². The number of Topliss-reactive ketones (excluding diaryl/α,β-unsaturated/α-hetero) is 1. The van der Waals surface area contributed by atoms with Crippen molar-refractivity contribution in [1.82, 2.24) is 0 Å². The van der Waals surface area contributed by atoms with Crippen LogP contribution in [0.2, 0.25) is 0 Å². The Bertz CT molecular complexity index is 474. The Morgan fingerprint density at radius 1 is 1.47 bits per heavy atom. The number of benzene rings is 1. The molecule has 0 fully saturated rings. The second-order valence-corrected chi connectivity index (χ2v) is 3.65. The SMILES string of the molecule is CCC(C(C)=O)c1cc(F)cc(F)c1[N+](=O)[O-]. The number of carbonyl (C=O) groups is 1. The van der Waals surface area contributed by atoms with Crippen LogP contribution in [0, 0.1) is 21.7 Å². The van der Waals surface area contributed by atoms with Gasteiger partial charge in [-0.3, -0.25) is 14.9 Å². The molecule has 4 nitrogen and oxygen atoms in total. The van der Waals surface area contributed by atoms with Crippen LogP contribution in [0.25, 0.3) is 0 Å². The minimum absolute atomic E-state index is 0.206. The average molecular weight is 243 g/mol. The lowest BCUT2D eigenvalue weighted by atomic mass is 9.91. The fraction of sp³-hybridized carbons (Fsp3) is 0.364. The molecule has 1 atom stereocenters. The zero-order valence-electron chi connectivity index (χ0n) is 9.37. The maximum atomic E-state index is 13.3. The first kappa shape index (κ1) is 13.2. The summed E-state index contributed by atoms with van der Waals surface area (Å²) in [7, 11) is 0. The molecule has 1 unspecified atom stereocenters. The van der Waals surface area contributed by atoms with Crippen LogP contribution in [0.4, 0.5) is 14.5 Å². The van der Waals surface area contributed by atoms with Gasteiger partial charge in [-0.2, -0.15) is 4.39 Å². The smallest absolute Gasteiger partial charge is 0.299 e. The van der Waals surface area contributed by atoms with Gasteiger partial charge in [-0.15, -0.1) is 0 Å². The van der Waals surface area contributed by atoms with Gasteiger partial charge < -0.3 is 0 Å². The van der Waals surface area contributed by atoms with Gasteiger partial charge in [0.25, 0.3) is 0 Å². The summed E-state index contributed by atoms with van der Waals surface area (Å²) < 4.78 is 26.4. The number of hydrogen-bond acceptors (Lipinski definition) is 3. The fourth-order valence-corrected chi connectivity index (χ4v) is 1.77. The van der Waals surface area contributed by atoms with Crippen LogP contribution in [0.3, 0.4) is 0 Å². The van der Waals surface area contributed by atoms with Gasteiger partial charge in [-0.1, -0.05) is 6.92 Å². The number of ketones is 1. The van der Waals surface area contributed by atoms with Crippen molar-refractivity contribution in [2.75, 3.05) is 0 Å². The lowest BCUT2D eigenvalue weighted by Gasteiger charge is -2.12. The summed E-state index contributed by atoms with van der Waals surface area (Å²) in [5, 5.41) is 10.7. The molecule has 0 saturated heterocycles. The summed E-state index contributed by atoms with van der Waals surface area (Å²) in [5.41, 5.74) is -1.03. The third-order valence-corrected chi connectivity index (χ3v) is 2.51. The van der Waals surface area contributed by atoms with Gasteiger partial charge in [0, 0.05) is 17.5 Å². The van der Waals surface area contributed by atoms with Crippen LogP contribution in [0.5, 0.6) is 0 Å². The molecule has 92 valence electrons. The first-order chi connectivity index (χ1) is 7.88. The van der Waals surface area contributed by atoms with Crippen molar-refractivity contribution in [1.29, 1.82) is 0 Å². The quantitative estimate of drug-likeness (QED) is 0.603. The third-order valence-electron chi connectivity index (χ3n) is 2.51. The highest BCUT2D eigenvalue weighted by molar-refractivity contribution is 5.84. The van der Waals surface area contributed by atoms with E-state index in [1.165, 1.54) is 6.92 Å². The topological polar surface area (TPSA) is 60.2 Å². The summed E-state index contributed by atoms with van der Waals surface area (Å²) in [6.07, 6.45) is 0.249. The Kier molecular flexibility index (Phi) is 3.88. The van der Waals surface area contributed by atoms with Crippen molar-refractivity contribution in [2.45, 2.75) is 26.2 Å². The second-order valence-electron chi connectivity index (χ2n) is 3.65.